The van der Waals surface area contributed by atoms with Crippen LogP contribution in [0.1, 0.15) is 5.56 Å². The molecule has 0 spiro atoms. The van der Waals surface area contributed by atoms with E-state index in [9.17, 15) is 0 Å². The monoisotopic (exact) mass is 492 g/mol. The fourth-order valence-corrected chi connectivity index (χ4v) is 3.49. The van der Waals surface area contributed by atoms with Crippen molar-refractivity contribution in [2.24, 2.45) is 4.99 Å². The molecular formula is C20H11Cl2IN2O. The summed E-state index contributed by atoms with van der Waals surface area (Å²) in [6, 6.07) is 19.0. The van der Waals surface area contributed by atoms with Crippen LogP contribution in [0.4, 0.5) is 5.69 Å². The molecule has 0 aliphatic carbocycles. The van der Waals surface area contributed by atoms with Gasteiger partial charge in [-0.3, -0.25) is 4.99 Å². The Hall–Kier alpha value is -1.89. The number of rotatable bonds is 3. The second-order valence-electron chi connectivity index (χ2n) is 5.61. The van der Waals surface area contributed by atoms with Crippen LogP contribution < -0.4 is 0 Å². The average Bonchev–Trinajstić information content (AvgIpc) is 3.04. The van der Waals surface area contributed by atoms with Gasteiger partial charge in [0.1, 0.15) is 5.52 Å². The zero-order chi connectivity index (χ0) is 18.1. The van der Waals surface area contributed by atoms with E-state index in [-0.39, 0.29) is 0 Å². The van der Waals surface area contributed by atoms with E-state index in [0.717, 1.165) is 31.5 Å². The summed E-state index contributed by atoms with van der Waals surface area (Å²) in [5.74, 6) is 0.598. The largest absolute Gasteiger partial charge is 0.436 e. The average molecular weight is 493 g/mol. The van der Waals surface area contributed by atoms with E-state index in [1.54, 1.807) is 18.3 Å². The highest BCUT2D eigenvalue weighted by molar-refractivity contribution is 14.1. The van der Waals surface area contributed by atoms with Gasteiger partial charge < -0.3 is 4.42 Å². The molecule has 4 aromatic rings. The number of nitrogens with zero attached hydrogens (tertiary/aromatic N) is 2. The van der Waals surface area contributed by atoms with Crippen molar-refractivity contribution in [3.63, 3.8) is 0 Å². The number of oxazole rings is 1. The molecule has 1 aromatic heterocycles. The van der Waals surface area contributed by atoms with Gasteiger partial charge in [-0.25, -0.2) is 4.98 Å². The fraction of sp³-hybridized carbons (Fsp3) is 0. The van der Waals surface area contributed by atoms with Crippen LogP contribution in [0, 0.1) is 3.57 Å². The van der Waals surface area contributed by atoms with E-state index < -0.39 is 0 Å². The summed E-state index contributed by atoms with van der Waals surface area (Å²) in [5, 5.41) is 1.16. The van der Waals surface area contributed by atoms with Crippen molar-refractivity contribution in [2.45, 2.75) is 0 Å². The van der Waals surface area contributed by atoms with Crippen molar-refractivity contribution >= 4 is 68.8 Å². The lowest BCUT2D eigenvalue weighted by Crippen LogP contribution is -1.82. The zero-order valence-electron chi connectivity index (χ0n) is 13.3. The molecule has 0 N–H and O–H groups in total. The predicted octanol–water partition coefficient (Wildman–Crippen LogP) is 7.16. The smallest absolute Gasteiger partial charge is 0.227 e. The number of benzene rings is 3. The quantitative estimate of drug-likeness (QED) is 0.225. The van der Waals surface area contributed by atoms with Gasteiger partial charge in [-0.1, -0.05) is 35.3 Å². The molecule has 0 saturated heterocycles. The highest BCUT2D eigenvalue weighted by Crippen LogP contribution is 2.28. The van der Waals surface area contributed by atoms with Crippen LogP contribution in [0.5, 0.6) is 0 Å². The Balaban J connectivity index is 1.66. The molecule has 0 fully saturated rings. The van der Waals surface area contributed by atoms with Gasteiger partial charge in [0.05, 0.1) is 10.7 Å². The lowest BCUT2D eigenvalue weighted by molar-refractivity contribution is 0.620. The first kappa shape index (κ1) is 17.5. The standard InChI is InChI=1S/C20H11Cl2IN2O/c21-14-5-4-13(17(22)9-14)11-24-16-6-7-19-18(10-16)25-20(26-19)12-2-1-3-15(23)8-12/h1-11H. The molecular weight excluding hydrogens is 482 g/mol. The Kier molecular flexibility index (Phi) is 4.98. The van der Waals surface area contributed by atoms with E-state index in [0.29, 0.717) is 15.9 Å². The summed E-state index contributed by atoms with van der Waals surface area (Å²) < 4.78 is 6.99. The van der Waals surface area contributed by atoms with Gasteiger partial charge >= 0.3 is 0 Å². The van der Waals surface area contributed by atoms with E-state index in [1.807, 2.05) is 48.5 Å². The Bertz CT molecular complexity index is 1140. The van der Waals surface area contributed by atoms with Gasteiger partial charge in [0.15, 0.2) is 5.58 Å². The van der Waals surface area contributed by atoms with Crippen LogP contribution >= 0.6 is 45.8 Å². The maximum atomic E-state index is 6.17. The highest BCUT2D eigenvalue weighted by Gasteiger charge is 2.09. The third-order valence-electron chi connectivity index (χ3n) is 3.76. The lowest BCUT2D eigenvalue weighted by Gasteiger charge is -1.98. The van der Waals surface area contributed by atoms with Gasteiger partial charge in [0, 0.05) is 25.9 Å². The molecule has 1 heterocycles. The van der Waals surface area contributed by atoms with Crippen molar-refractivity contribution in [3.8, 4) is 11.5 Å². The van der Waals surface area contributed by atoms with E-state index in [4.69, 9.17) is 27.6 Å². The van der Waals surface area contributed by atoms with Crippen LogP contribution in [0.2, 0.25) is 10.0 Å². The van der Waals surface area contributed by atoms with Crippen LogP contribution in [0.15, 0.2) is 70.1 Å². The second kappa shape index (κ2) is 7.39. The number of fused-ring (bicyclic) bond motifs is 1. The Morgan fingerprint density at radius 2 is 1.88 bits per heavy atom. The summed E-state index contributed by atoms with van der Waals surface area (Å²) in [6.07, 6.45) is 1.71. The fourth-order valence-electron chi connectivity index (χ4n) is 2.49. The van der Waals surface area contributed by atoms with Gasteiger partial charge in [-0.2, -0.15) is 0 Å². The van der Waals surface area contributed by atoms with Crippen molar-refractivity contribution in [1.29, 1.82) is 0 Å². The number of halogens is 3. The number of aromatic nitrogens is 1. The summed E-state index contributed by atoms with van der Waals surface area (Å²) in [7, 11) is 0. The Morgan fingerprint density at radius 3 is 2.69 bits per heavy atom. The zero-order valence-corrected chi connectivity index (χ0v) is 17.0. The van der Waals surface area contributed by atoms with Crippen LogP contribution in [-0.2, 0) is 0 Å². The molecule has 3 aromatic carbocycles. The molecule has 4 rings (SSSR count). The van der Waals surface area contributed by atoms with E-state index >= 15 is 0 Å². The molecule has 0 atom stereocenters. The maximum Gasteiger partial charge on any atom is 0.227 e. The minimum atomic E-state index is 0.560. The molecule has 0 amide bonds. The maximum absolute atomic E-state index is 6.17. The first-order valence-electron chi connectivity index (χ1n) is 7.74. The van der Waals surface area contributed by atoms with E-state index in [2.05, 4.69) is 32.6 Å². The molecule has 0 radical (unpaired) electrons. The van der Waals surface area contributed by atoms with Crippen LogP contribution in [0.25, 0.3) is 22.6 Å². The van der Waals surface area contributed by atoms with Crippen molar-refractivity contribution in [3.05, 3.63) is 79.8 Å². The first-order valence-corrected chi connectivity index (χ1v) is 9.58. The lowest BCUT2D eigenvalue weighted by atomic mass is 10.2. The van der Waals surface area contributed by atoms with Gasteiger partial charge in [-0.05, 0) is 71.1 Å². The molecule has 0 saturated carbocycles. The summed E-state index contributed by atoms with van der Waals surface area (Å²) in [4.78, 5) is 9.06. The third kappa shape index (κ3) is 3.77. The summed E-state index contributed by atoms with van der Waals surface area (Å²) >= 11 is 14.4. The molecule has 0 aliphatic rings. The summed E-state index contributed by atoms with van der Waals surface area (Å²) in [6.45, 7) is 0. The normalized spacial score (nSPS) is 11.5. The molecule has 26 heavy (non-hydrogen) atoms. The van der Waals surface area contributed by atoms with Crippen molar-refractivity contribution < 1.29 is 4.42 Å². The number of hydrogen-bond acceptors (Lipinski definition) is 3. The van der Waals surface area contributed by atoms with Gasteiger partial charge in [0.2, 0.25) is 5.89 Å². The SMILES string of the molecule is Clc1ccc(C=Nc2ccc3oc(-c4cccc(I)c4)nc3c2)c(Cl)c1. The second-order valence-corrected chi connectivity index (χ2v) is 7.69. The predicted molar refractivity (Wildman–Crippen MR) is 116 cm³/mol. The molecule has 3 nitrogen and oxygen atoms in total. The topological polar surface area (TPSA) is 38.4 Å². The van der Waals surface area contributed by atoms with Crippen LogP contribution in [0.3, 0.4) is 0 Å². The molecule has 0 aliphatic heterocycles. The third-order valence-corrected chi connectivity index (χ3v) is 4.99. The van der Waals surface area contributed by atoms with Gasteiger partial charge in [0.25, 0.3) is 0 Å². The minimum Gasteiger partial charge on any atom is -0.436 e. The molecule has 128 valence electrons. The van der Waals surface area contributed by atoms with Crippen LogP contribution in [-0.4, -0.2) is 11.2 Å². The first-order chi connectivity index (χ1) is 12.6. The Morgan fingerprint density at radius 1 is 1.00 bits per heavy atom. The number of aliphatic imine (C=N–C) groups is 1. The highest BCUT2D eigenvalue weighted by atomic mass is 127. The molecule has 6 heteroatoms. The Labute approximate surface area is 173 Å². The van der Waals surface area contributed by atoms with Gasteiger partial charge in [-0.15, -0.1) is 0 Å². The minimum absolute atomic E-state index is 0.560. The summed E-state index contributed by atoms with van der Waals surface area (Å²) in [5.41, 5.74) is 4.01. The number of hydrogen-bond donors (Lipinski definition) is 0. The van der Waals surface area contributed by atoms with Crippen molar-refractivity contribution in [2.75, 3.05) is 0 Å². The molecule has 0 bridgehead atoms. The van der Waals surface area contributed by atoms with E-state index in [1.165, 1.54) is 0 Å². The molecule has 0 unspecified atom stereocenters. The van der Waals surface area contributed by atoms with Crippen molar-refractivity contribution in [1.82, 2.24) is 4.98 Å².